The van der Waals surface area contributed by atoms with Crippen molar-refractivity contribution in [3.63, 3.8) is 0 Å². The van der Waals surface area contributed by atoms with Crippen LogP contribution >= 0.6 is 0 Å². The molecule has 0 aromatic heterocycles. The van der Waals surface area contributed by atoms with E-state index in [9.17, 15) is 25.2 Å². The van der Waals surface area contributed by atoms with Crippen LogP contribution in [0.5, 0.6) is 0 Å². The van der Waals surface area contributed by atoms with Crippen LogP contribution in [0.4, 0.5) is 0 Å². The van der Waals surface area contributed by atoms with Crippen molar-refractivity contribution in [2.24, 2.45) is 0 Å². The molecule has 1 amide bonds. The number of hydrogen-bond acceptors (Lipinski definition) is 5. The Labute approximate surface area is 311 Å². The van der Waals surface area contributed by atoms with E-state index in [0.29, 0.717) is 12.8 Å². The van der Waals surface area contributed by atoms with Gasteiger partial charge in [0.2, 0.25) is 5.91 Å². The summed E-state index contributed by atoms with van der Waals surface area (Å²) in [6, 6.07) is -0.983. The van der Waals surface area contributed by atoms with Crippen LogP contribution in [0.1, 0.15) is 232 Å². The quantitative estimate of drug-likeness (QED) is 0.0321. The molecule has 0 heterocycles. The van der Waals surface area contributed by atoms with Gasteiger partial charge >= 0.3 is 0 Å². The molecule has 4 atom stereocenters. The van der Waals surface area contributed by atoms with Gasteiger partial charge in [0.05, 0.1) is 18.8 Å². The Kier molecular flexibility index (Phi) is 38.5. The van der Waals surface area contributed by atoms with Crippen molar-refractivity contribution in [3.05, 3.63) is 12.2 Å². The van der Waals surface area contributed by atoms with Crippen molar-refractivity contribution in [2.45, 2.75) is 257 Å². The predicted molar refractivity (Wildman–Crippen MR) is 215 cm³/mol. The van der Waals surface area contributed by atoms with Crippen LogP contribution in [0.15, 0.2) is 12.2 Å². The van der Waals surface area contributed by atoms with Gasteiger partial charge in [-0.2, -0.15) is 0 Å². The molecule has 0 fully saturated rings. The number of amides is 1. The molecule has 0 aliphatic rings. The lowest BCUT2D eigenvalue weighted by Crippen LogP contribution is -2.53. The molecule has 0 spiro atoms. The molecule has 0 radical (unpaired) electrons. The number of nitrogens with one attached hydrogen (secondary N) is 1. The second-order valence-corrected chi connectivity index (χ2v) is 15.4. The number of rotatable bonds is 40. The predicted octanol–water partition coefficient (Wildman–Crippen LogP) is 11.4. The molecular formula is C44H87NO5. The van der Waals surface area contributed by atoms with Crippen molar-refractivity contribution < 1.29 is 25.2 Å². The molecule has 0 saturated heterocycles. The average Bonchev–Trinajstić information content (AvgIpc) is 3.12. The standard InChI is InChI=1S/C44H87NO5/c1-3-5-7-9-11-13-15-17-18-19-20-21-22-23-24-25-26-28-30-32-34-36-38-42(48)44(50)45-40(39-46)43(49)41(47)37-35-33-31-29-27-16-14-12-10-8-6-4-2/h23-24,40-43,46-49H,3-22,25-39H2,1-2H3,(H,45,50)/b24-23-. The van der Waals surface area contributed by atoms with Gasteiger partial charge in [0, 0.05) is 0 Å². The van der Waals surface area contributed by atoms with E-state index >= 15 is 0 Å². The minimum absolute atomic E-state index is 0.364. The molecule has 298 valence electrons. The molecule has 0 bridgehead atoms. The normalized spacial score (nSPS) is 14.3. The van der Waals surface area contributed by atoms with Crippen LogP contribution < -0.4 is 5.32 Å². The topological polar surface area (TPSA) is 110 Å². The summed E-state index contributed by atoms with van der Waals surface area (Å²) in [6.07, 6.45) is 42.4. The molecule has 50 heavy (non-hydrogen) atoms. The van der Waals surface area contributed by atoms with Crippen LogP contribution in [0.25, 0.3) is 0 Å². The Morgan fingerprint density at radius 1 is 0.480 bits per heavy atom. The summed E-state index contributed by atoms with van der Waals surface area (Å²) in [5.74, 6) is -0.587. The number of aliphatic hydroxyl groups excluding tert-OH is 4. The van der Waals surface area contributed by atoms with Gasteiger partial charge in [-0.25, -0.2) is 0 Å². The fraction of sp³-hybridized carbons (Fsp3) is 0.932. The molecule has 6 nitrogen and oxygen atoms in total. The number of aliphatic hydroxyl groups is 4. The highest BCUT2D eigenvalue weighted by molar-refractivity contribution is 5.80. The molecule has 0 aliphatic carbocycles. The third-order valence-electron chi connectivity index (χ3n) is 10.5. The summed E-state index contributed by atoms with van der Waals surface area (Å²) in [6.45, 7) is 4.05. The van der Waals surface area contributed by atoms with E-state index < -0.39 is 36.9 Å². The van der Waals surface area contributed by atoms with Gasteiger partial charge in [-0.1, -0.05) is 206 Å². The van der Waals surface area contributed by atoms with Crippen molar-refractivity contribution in [2.75, 3.05) is 6.61 Å². The van der Waals surface area contributed by atoms with Crippen LogP contribution in [0.2, 0.25) is 0 Å². The Bertz CT molecular complexity index is 717. The van der Waals surface area contributed by atoms with Crippen molar-refractivity contribution in [1.29, 1.82) is 0 Å². The summed E-state index contributed by atoms with van der Waals surface area (Å²) >= 11 is 0. The van der Waals surface area contributed by atoms with Gasteiger partial charge in [0.15, 0.2) is 0 Å². The molecule has 0 rings (SSSR count). The lowest BCUT2D eigenvalue weighted by Gasteiger charge is -2.27. The summed E-state index contributed by atoms with van der Waals surface area (Å²) in [4.78, 5) is 12.5. The van der Waals surface area contributed by atoms with E-state index in [-0.39, 0.29) is 0 Å². The van der Waals surface area contributed by atoms with Crippen LogP contribution in [-0.4, -0.2) is 57.3 Å². The maximum atomic E-state index is 12.5. The molecule has 4 unspecified atom stereocenters. The SMILES string of the molecule is CCCCCCCCCCCCCC/C=C\CCCCCCCCC(O)C(=O)NC(CO)C(O)C(O)CCCCCCCCCCCCCC. The molecule has 6 heteroatoms. The zero-order valence-corrected chi connectivity index (χ0v) is 33.4. The van der Waals surface area contributed by atoms with E-state index in [0.717, 1.165) is 44.9 Å². The first-order valence-corrected chi connectivity index (χ1v) is 22.1. The first-order chi connectivity index (χ1) is 24.5. The number of hydrogen-bond donors (Lipinski definition) is 5. The van der Waals surface area contributed by atoms with Crippen molar-refractivity contribution in [1.82, 2.24) is 5.32 Å². The van der Waals surface area contributed by atoms with E-state index in [1.807, 2.05) is 0 Å². The molecule has 0 aliphatic heterocycles. The molecule has 0 saturated carbocycles. The number of carbonyl (C=O) groups excluding carboxylic acids is 1. The number of unbranched alkanes of at least 4 members (excludes halogenated alkanes) is 29. The summed E-state index contributed by atoms with van der Waals surface area (Å²) in [5, 5.41) is 43.6. The lowest BCUT2D eigenvalue weighted by molar-refractivity contribution is -0.132. The minimum atomic E-state index is -1.26. The van der Waals surface area contributed by atoms with E-state index in [4.69, 9.17) is 0 Å². The van der Waals surface area contributed by atoms with Crippen molar-refractivity contribution >= 4 is 5.91 Å². The second kappa shape index (κ2) is 39.3. The largest absolute Gasteiger partial charge is 0.394 e. The fourth-order valence-corrected chi connectivity index (χ4v) is 6.93. The van der Waals surface area contributed by atoms with E-state index in [2.05, 4.69) is 31.3 Å². The minimum Gasteiger partial charge on any atom is -0.394 e. The monoisotopic (exact) mass is 710 g/mol. The maximum Gasteiger partial charge on any atom is 0.249 e. The lowest BCUT2D eigenvalue weighted by atomic mass is 9.99. The van der Waals surface area contributed by atoms with Gasteiger partial charge in [-0.15, -0.1) is 0 Å². The summed E-state index contributed by atoms with van der Waals surface area (Å²) < 4.78 is 0. The fourth-order valence-electron chi connectivity index (χ4n) is 6.93. The first-order valence-electron chi connectivity index (χ1n) is 22.1. The highest BCUT2D eigenvalue weighted by Crippen LogP contribution is 2.16. The smallest absolute Gasteiger partial charge is 0.249 e. The number of allylic oxidation sites excluding steroid dienone is 2. The van der Waals surface area contributed by atoms with Gasteiger partial charge in [-0.3, -0.25) is 4.79 Å². The average molecular weight is 710 g/mol. The van der Waals surface area contributed by atoms with Crippen molar-refractivity contribution in [3.8, 4) is 0 Å². The van der Waals surface area contributed by atoms with Crippen LogP contribution in [0, 0.1) is 0 Å². The first kappa shape index (κ1) is 49.0. The number of carbonyl (C=O) groups is 1. The van der Waals surface area contributed by atoms with Gasteiger partial charge in [-0.05, 0) is 38.5 Å². The Morgan fingerprint density at radius 3 is 1.16 bits per heavy atom. The molecule has 0 aromatic carbocycles. The highest BCUT2D eigenvalue weighted by Gasteiger charge is 2.28. The maximum absolute atomic E-state index is 12.5. The third-order valence-corrected chi connectivity index (χ3v) is 10.5. The molecule has 5 N–H and O–H groups in total. The van der Waals surface area contributed by atoms with E-state index in [1.54, 1.807) is 0 Å². The van der Waals surface area contributed by atoms with Crippen LogP contribution in [-0.2, 0) is 4.79 Å². The zero-order valence-electron chi connectivity index (χ0n) is 33.4. The summed E-state index contributed by atoms with van der Waals surface area (Å²) in [7, 11) is 0. The van der Waals surface area contributed by atoms with Gasteiger partial charge in [0.1, 0.15) is 12.2 Å². The van der Waals surface area contributed by atoms with Gasteiger partial charge < -0.3 is 25.7 Å². The summed E-state index contributed by atoms with van der Waals surface area (Å²) in [5.41, 5.74) is 0. The second-order valence-electron chi connectivity index (χ2n) is 15.4. The van der Waals surface area contributed by atoms with Crippen LogP contribution in [0.3, 0.4) is 0 Å². The van der Waals surface area contributed by atoms with Gasteiger partial charge in [0.25, 0.3) is 0 Å². The Hall–Kier alpha value is -0.950. The highest BCUT2D eigenvalue weighted by atomic mass is 16.3. The molecular weight excluding hydrogens is 622 g/mol. The Balaban J connectivity index is 3.70. The Morgan fingerprint density at radius 2 is 0.800 bits per heavy atom. The van der Waals surface area contributed by atoms with E-state index in [1.165, 1.54) is 161 Å². The molecule has 0 aromatic rings. The zero-order chi connectivity index (χ0) is 36.8. The third kappa shape index (κ3) is 32.9.